The Labute approximate surface area is 206 Å². The van der Waals surface area contributed by atoms with Gasteiger partial charge in [0, 0.05) is 17.9 Å². The SMILES string of the molecule is N=C(S[C@H]1CC(=O)N(c2cccc(Cl)c2)C1=O)N1N=C(c2ccccc2)C[C@@H]1c1ccccc1. The Morgan fingerprint density at radius 2 is 1.65 bits per heavy atom. The summed E-state index contributed by atoms with van der Waals surface area (Å²) in [4.78, 5) is 26.9. The maximum absolute atomic E-state index is 13.1. The summed E-state index contributed by atoms with van der Waals surface area (Å²) in [6.07, 6.45) is 0.667. The van der Waals surface area contributed by atoms with Crippen LogP contribution in [0.25, 0.3) is 0 Å². The molecule has 0 aromatic heterocycles. The predicted molar refractivity (Wildman–Crippen MR) is 136 cm³/mol. The summed E-state index contributed by atoms with van der Waals surface area (Å²) in [5.74, 6) is -0.642. The van der Waals surface area contributed by atoms with Gasteiger partial charge in [0.2, 0.25) is 11.8 Å². The number of carbonyl (C=O) groups excluding carboxylic acids is 2. The molecule has 0 radical (unpaired) electrons. The molecule has 170 valence electrons. The van der Waals surface area contributed by atoms with E-state index in [0.717, 1.165) is 33.5 Å². The van der Waals surface area contributed by atoms with Crippen LogP contribution in [0, 0.1) is 5.41 Å². The fraction of sp³-hybridized carbons (Fsp3) is 0.154. The van der Waals surface area contributed by atoms with Gasteiger partial charge in [-0.2, -0.15) is 5.10 Å². The summed E-state index contributed by atoms with van der Waals surface area (Å²) in [6.45, 7) is 0. The van der Waals surface area contributed by atoms with E-state index < -0.39 is 5.25 Å². The number of hydrogen-bond acceptors (Lipinski definition) is 5. The Balaban J connectivity index is 1.39. The smallest absolute Gasteiger partial charge is 0.247 e. The first kappa shape index (κ1) is 22.4. The first-order chi connectivity index (χ1) is 16.5. The summed E-state index contributed by atoms with van der Waals surface area (Å²) in [6, 6.07) is 26.3. The molecule has 3 aromatic rings. The third-order valence-corrected chi connectivity index (χ3v) is 7.13. The zero-order valence-corrected chi connectivity index (χ0v) is 19.7. The van der Waals surface area contributed by atoms with Crippen LogP contribution in [0.15, 0.2) is 90.0 Å². The number of hydrogen-bond donors (Lipinski definition) is 1. The molecule has 0 aliphatic carbocycles. The lowest BCUT2D eigenvalue weighted by Gasteiger charge is -2.24. The Kier molecular flexibility index (Phi) is 6.22. The molecular weight excluding hydrogens is 468 g/mol. The second-order valence-electron chi connectivity index (χ2n) is 8.05. The van der Waals surface area contributed by atoms with Crippen molar-refractivity contribution in [1.29, 1.82) is 5.41 Å². The van der Waals surface area contributed by atoms with Crippen molar-refractivity contribution in [3.8, 4) is 0 Å². The molecule has 0 unspecified atom stereocenters. The molecule has 0 bridgehead atoms. The van der Waals surface area contributed by atoms with E-state index in [0.29, 0.717) is 17.1 Å². The average Bonchev–Trinajstić information content (AvgIpc) is 3.41. The number of halogens is 1. The molecule has 2 amide bonds. The number of benzene rings is 3. The van der Waals surface area contributed by atoms with E-state index in [1.54, 1.807) is 29.3 Å². The quantitative estimate of drug-likeness (QED) is 0.299. The van der Waals surface area contributed by atoms with Gasteiger partial charge in [0.05, 0.1) is 17.4 Å². The van der Waals surface area contributed by atoms with E-state index in [1.165, 1.54) is 0 Å². The molecule has 3 aromatic carbocycles. The molecule has 0 saturated carbocycles. The molecule has 1 N–H and O–H groups in total. The van der Waals surface area contributed by atoms with Crippen molar-refractivity contribution in [2.75, 3.05) is 4.90 Å². The molecule has 2 aliphatic heterocycles. The van der Waals surface area contributed by atoms with Gasteiger partial charge in [0.1, 0.15) is 5.25 Å². The monoisotopic (exact) mass is 488 g/mol. The Hall–Kier alpha value is -3.42. The molecule has 6 nitrogen and oxygen atoms in total. The maximum Gasteiger partial charge on any atom is 0.247 e. The molecule has 8 heteroatoms. The van der Waals surface area contributed by atoms with Crippen molar-refractivity contribution in [3.05, 3.63) is 101 Å². The van der Waals surface area contributed by atoms with Gasteiger partial charge in [-0.3, -0.25) is 15.0 Å². The lowest BCUT2D eigenvalue weighted by molar-refractivity contribution is -0.121. The highest BCUT2D eigenvalue weighted by atomic mass is 35.5. The first-order valence-corrected chi connectivity index (χ1v) is 12.1. The number of thioether (sulfide) groups is 1. The van der Waals surface area contributed by atoms with E-state index in [9.17, 15) is 9.59 Å². The average molecular weight is 489 g/mol. The Morgan fingerprint density at radius 1 is 0.941 bits per heavy atom. The fourth-order valence-corrected chi connectivity index (χ4v) is 5.37. The lowest BCUT2D eigenvalue weighted by Crippen LogP contribution is -2.32. The third-order valence-electron chi connectivity index (χ3n) is 5.84. The Morgan fingerprint density at radius 3 is 2.35 bits per heavy atom. The minimum Gasteiger partial charge on any atom is -0.277 e. The molecular formula is C26H21ClN4O2S. The summed E-state index contributed by atoms with van der Waals surface area (Å²) in [5, 5.41) is 15.2. The normalized spacial score (nSPS) is 20.1. The van der Waals surface area contributed by atoms with Crippen molar-refractivity contribution >= 4 is 51.7 Å². The van der Waals surface area contributed by atoms with Crippen molar-refractivity contribution in [3.63, 3.8) is 0 Å². The highest BCUT2D eigenvalue weighted by Crippen LogP contribution is 2.37. The van der Waals surface area contributed by atoms with Gasteiger partial charge in [0.25, 0.3) is 0 Å². The number of hydrazone groups is 1. The lowest BCUT2D eigenvalue weighted by atomic mass is 9.99. The first-order valence-electron chi connectivity index (χ1n) is 10.9. The van der Waals surface area contributed by atoms with Crippen molar-refractivity contribution in [2.24, 2.45) is 5.10 Å². The van der Waals surface area contributed by atoms with Crippen LogP contribution in [-0.2, 0) is 9.59 Å². The van der Waals surface area contributed by atoms with Crippen LogP contribution in [0.2, 0.25) is 5.02 Å². The summed E-state index contributed by atoms with van der Waals surface area (Å²) in [5.41, 5.74) is 3.37. The molecule has 2 atom stereocenters. The largest absolute Gasteiger partial charge is 0.277 e. The molecule has 0 spiro atoms. The van der Waals surface area contributed by atoms with Crippen LogP contribution in [0.3, 0.4) is 0 Å². The molecule has 2 aliphatic rings. The van der Waals surface area contributed by atoms with Gasteiger partial charge >= 0.3 is 0 Å². The number of imide groups is 1. The van der Waals surface area contributed by atoms with Crippen LogP contribution in [0.4, 0.5) is 5.69 Å². The number of anilines is 1. The van der Waals surface area contributed by atoms with Crippen molar-refractivity contribution in [2.45, 2.75) is 24.1 Å². The topological polar surface area (TPSA) is 76.8 Å². The van der Waals surface area contributed by atoms with Gasteiger partial charge in [0.15, 0.2) is 5.17 Å². The highest BCUT2D eigenvalue weighted by Gasteiger charge is 2.42. The second-order valence-corrected chi connectivity index (χ2v) is 9.68. The maximum atomic E-state index is 13.1. The van der Waals surface area contributed by atoms with E-state index in [-0.39, 0.29) is 29.4 Å². The van der Waals surface area contributed by atoms with Gasteiger partial charge in [-0.05, 0) is 29.3 Å². The van der Waals surface area contributed by atoms with E-state index >= 15 is 0 Å². The standard InChI is InChI=1S/C26H21ClN4O2S/c27-19-12-7-13-20(14-19)30-24(32)16-23(25(30)33)34-26(28)31-22(18-10-5-2-6-11-18)15-21(29-31)17-8-3-1-4-9-17/h1-14,22-23,28H,15-16H2/t22-,23+/m1/s1. The predicted octanol–water partition coefficient (Wildman–Crippen LogP) is 5.49. The number of nitrogens with zero attached hydrogens (tertiary/aromatic N) is 3. The summed E-state index contributed by atoms with van der Waals surface area (Å²) >= 11 is 7.13. The molecule has 1 fully saturated rings. The van der Waals surface area contributed by atoms with E-state index in [1.807, 2.05) is 60.7 Å². The second kappa shape index (κ2) is 9.44. The summed E-state index contributed by atoms with van der Waals surface area (Å²) < 4.78 is 0. The van der Waals surface area contributed by atoms with Crippen molar-refractivity contribution < 1.29 is 9.59 Å². The van der Waals surface area contributed by atoms with Gasteiger partial charge in [-0.25, -0.2) is 9.91 Å². The fourth-order valence-electron chi connectivity index (χ4n) is 4.21. The number of nitrogens with one attached hydrogen (secondary N) is 1. The van der Waals surface area contributed by atoms with Gasteiger partial charge in [-0.15, -0.1) is 0 Å². The third kappa shape index (κ3) is 4.36. The van der Waals surface area contributed by atoms with Crippen LogP contribution in [0.5, 0.6) is 0 Å². The number of rotatable bonds is 4. The zero-order chi connectivity index (χ0) is 23.7. The number of amides is 2. The highest BCUT2D eigenvalue weighted by molar-refractivity contribution is 8.14. The number of amidine groups is 1. The van der Waals surface area contributed by atoms with Crippen LogP contribution >= 0.6 is 23.4 Å². The van der Waals surface area contributed by atoms with Crippen LogP contribution in [-0.4, -0.2) is 33.0 Å². The van der Waals surface area contributed by atoms with E-state index in [2.05, 4.69) is 0 Å². The molecule has 2 heterocycles. The Bertz CT molecular complexity index is 1280. The van der Waals surface area contributed by atoms with Gasteiger partial charge < -0.3 is 0 Å². The van der Waals surface area contributed by atoms with Crippen LogP contribution < -0.4 is 4.90 Å². The minimum absolute atomic E-state index is 0.0253. The molecule has 5 rings (SSSR count). The van der Waals surface area contributed by atoms with Crippen molar-refractivity contribution in [1.82, 2.24) is 5.01 Å². The number of carbonyl (C=O) groups is 2. The zero-order valence-electron chi connectivity index (χ0n) is 18.1. The van der Waals surface area contributed by atoms with Crippen LogP contribution in [0.1, 0.15) is 30.0 Å². The summed E-state index contributed by atoms with van der Waals surface area (Å²) in [7, 11) is 0. The van der Waals surface area contributed by atoms with Gasteiger partial charge in [-0.1, -0.05) is 90.1 Å². The molecule has 34 heavy (non-hydrogen) atoms. The molecule has 1 saturated heterocycles. The minimum atomic E-state index is -0.689. The van der Waals surface area contributed by atoms with E-state index in [4.69, 9.17) is 22.1 Å².